The average Bonchev–Trinajstić information content (AvgIpc) is 2.17. The van der Waals surface area contributed by atoms with Crippen LogP contribution >= 0.6 is 15.9 Å². The molecule has 1 heterocycles. The Kier molecular flexibility index (Phi) is 3.62. The van der Waals surface area contributed by atoms with Gasteiger partial charge in [0.2, 0.25) is 0 Å². The Labute approximate surface area is 96.1 Å². The fourth-order valence-electron chi connectivity index (χ4n) is 1.03. The lowest BCUT2D eigenvalue weighted by Crippen LogP contribution is -2.10. The zero-order valence-electron chi connectivity index (χ0n) is 8.71. The first-order chi connectivity index (χ1) is 6.97. The first-order valence-corrected chi connectivity index (χ1v) is 5.25. The molecule has 0 saturated heterocycles. The van der Waals surface area contributed by atoms with Crippen molar-refractivity contribution in [1.82, 2.24) is 9.97 Å². The number of anilines is 1. The van der Waals surface area contributed by atoms with E-state index >= 15 is 0 Å². The van der Waals surface area contributed by atoms with Gasteiger partial charge in [0, 0.05) is 13.0 Å². The predicted molar refractivity (Wildman–Crippen MR) is 60.3 cm³/mol. The van der Waals surface area contributed by atoms with Crippen molar-refractivity contribution >= 4 is 27.7 Å². The molecule has 0 aliphatic heterocycles. The Morgan fingerprint density at radius 1 is 1.47 bits per heavy atom. The maximum Gasteiger partial charge on any atom is 0.355 e. The van der Waals surface area contributed by atoms with Gasteiger partial charge in [-0.25, -0.2) is 14.8 Å². The third-order valence-electron chi connectivity index (χ3n) is 1.82. The van der Waals surface area contributed by atoms with Crippen LogP contribution in [0.2, 0.25) is 0 Å². The van der Waals surface area contributed by atoms with E-state index in [2.05, 4.69) is 31.2 Å². The Morgan fingerprint density at radius 3 is 2.47 bits per heavy atom. The number of aromatic carboxylic acids is 1. The second kappa shape index (κ2) is 4.57. The fourth-order valence-corrected chi connectivity index (χ4v) is 1.58. The van der Waals surface area contributed by atoms with E-state index in [1.165, 1.54) is 0 Å². The predicted octanol–water partition coefficient (Wildman–Crippen LogP) is 2.10. The molecule has 82 valence electrons. The summed E-state index contributed by atoms with van der Waals surface area (Å²) in [5.41, 5.74) is -0.0157. The van der Waals surface area contributed by atoms with Crippen LogP contribution in [0, 0.1) is 0 Å². The Bertz CT molecular complexity index is 393. The van der Waals surface area contributed by atoms with Crippen molar-refractivity contribution in [2.24, 2.45) is 0 Å². The lowest BCUT2D eigenvalue weighted by Gasteiger charge is -2.10. The molecule has 1 aromatic rings. The second-order valence-corrected chi connectivity index (χ2v) is 4.10. The largest absolute Gasteiger partial charge is 0.476 e. The summed E-state index contributed by atoms with van der Waals surface area (Å²) in [7, 11) is 1.68. The molecule has 0 amide bonds. The van der Waals surface area contributed by atoms with E-state index in [0.717, 1.165) is 0 Å². The molecule has 5 nitrogen and oxygen atoms in total. The fraction of sp³-hybridized carbons (Fsp3) is 0.444. The number of rotatable bonds is 3. The van der Waals surface area contributed by atoms with Crippen molar-refractivity contribution in [3.8, 4) is 0 Å². The molecule has 0 saturated carbocycles. The van der Waals surface area contributed by atoms with Gasteiger partial charge in [0.05, 0.1) is 4.47 Å². The minimum absolute atomic E-state index is 0.0157. The van der Waals surface area contributed by atoms with Gasteiger partial charge in [0.25, 0.3) is 0 Å². The van der Waals surface area contributed by atoms with Crippen molar-refractivity contribution in [2.45, 2.75) is 19.8 Å². The number of aromatic nitrogens is 2. The van der Waals surface area contributed by atoms with Gasteiger partial charge in [-0.1, -0.05) is 13.8 Å². The van der Waals surface area contributed by atoms with Crippen LogP contribution in [-0.4, -0.2) is 28.1 Å². The van der Waals surface area contributed by atoms with Gasteiger partial charge in [-0.05, 0) is 15.9 Å². The number of hydrogen-bond acceptors (Lipinski definition) is 4. The Balaban J connectivity index is 3.38. The summed E-state index contributed by atoms with van der Waals surface area (Å²) in [4.78, 5) is 19.1. The molecular weight excluding hydrogens is 262 g/mol. The number of nitrogens with one attached hydrogen (secondary N) is 1. The zero-order chi connectivity index (χ0) is 11.6. The van der Waals surface area contributed by atoms with E-state index in [1.807, 2.05) is 13.8 Å². The average molecular weight is 274 g/mol. The molecular formula is C9H12BrN3O2. The number of nitrogens with zero attached hydrogens (tertiary/aromatic N) is 2. The summed E-state index contributed by atoms with van der Waals surface area (Å²) in [6.45, 7) is 3.82. The lowest BCUT2D eigenvalue weighted by molar-refractivity contribution is 0.0689. The molecule has 15 heavy (non-hydrogen) atoms. The summed E-state index contributed by atoms with van der Waals surface area (Å²) < 4.78 is 0.377. The monoisotopic (exact) mass is 273 g/mol. The Hall–Kier alpha value is -1.17. The molecule has 0 radical (unpaired) electrons. The minimum atomic E-state index is -1.07. The van der Waals surface area contributed by atoms with E-state index < -0.39 is 5.97 Å². The summed E-state index contributed by atoms with van der Waals surface area (Å²) in [5.74, 6) is 0.0250. The maximum atomic E-state index is 10.9. The van der Waals surface area contributed by atoms with Crippen LogP contribution in [0.5, 0.6) is 0 Å². The van der Waals surface area contributed by atoms with E-state index in [-0.39, 0.29) is 11.6 Å². The molecule has 6 heteroatoms. The normalized spacial score (nSPS) is 10.5. The van der Waals surface area contributed by atoms with Crippen molar-refractivity contribution in [3.05, 3.63) is 16.0 Å². The topological polar surface area (TPSA) is 75.1 Å². The van der Waals surface area contributed by atoms with E-state index in [4.69, 9.17) is 5.11 Å². The minimum Gasteiger partial charge on any atom is -0.476 e. The van der Waals surface area contributed by atoms with Gasteiger partial charge >= 0.3 is 5.97 Å². The molecule has 0 aliphatic carbocycles. The highest BCUT2D eigenvalue weighted by atomic mass is 79.9. The standard InChI is InChI=1S/C9H12BrN3O2/c1-4(2)7-12-6(9(14)15)5(10)8(11-3)13-7/h4H,1-3H3,(H,14,15)(H,11,12,13). The summed E-state index contributed by atoms with van der Waals surface area (Å²) in [6.07, 6.45) is 0. The first-order valence-electron chi connectivity index (χ1n) is 4.45. The number of carbonyl (C=O) groups is 1. The van der Waals surface area contributed by atoms with Gasteiger partial charge < -0.3 is 10.4 Å². The quantitative estimate of drug-likeness (QED) is 0.882. The highest BCUT2D eigenvalue weighted by molar-refractivity contribution is 9.10. The summed E-state index contributed by atoms with van der Waals surface area (Å²) >= 11 is 3.16. The third-order valence-corrected chi connectivity index (χ3v) is 2.58. The molecule has 0 aromatic carbocycles. The molecule has 0 unspecified atom stereocenters. The third kappa shape index (κ3) is 2.44. The van der Waals surface area contributed by atoms with Crippen LogP contribution in [0.15, 0.2) is 4.47 Å². The second-order valence-electron chi connectivity index (χ2n) is 3.30. The summed E-state index contributed by atoms with van der Waals surface area (Å²) in [5, 5.41) is 11.8. The maximum absolute atomic E-state index is 10.9. The summed E-state index contributed by atoms with van der Waals surface area (Å²) in [6, 6.07) is 0. The van der Waals surface area contributed by atoms with Gasteiger partial charge in [-0.2, -0.15) is 0 Å². The number of halogens is 1. The van der Waals surface area contributed by atoms with Crippen molar-refractivity contribution in [3.63, 3.8) is 0 Å². The van der Waals surface area contributed by atoms with Crippen LogP contribution in [0.1, 0.15) is 36.1 Å². The number of carboxylic acid groups (broad SMARTS) is 1. The molecule has 0 fully saturated rings. The molecule has 0 bridgehead atoms. The van der Waals surface area contributed by atoms with Crippen molar-refractivity contribution < 1.29 is 9.90 Å². The molecule has 0 aliphatic rings. The van der Waals surface area contributed by atoms with E-state index in [1.54, 1.807) is 7.05 Å². The van der Waals surface area contributed by atoms with Crippen LogP contribution < -0.4 is 5.32 Å². The van der Waals surface area contributed by atoms with Gasteiger partial charge in [-0.3, -0.25) is 0 Å². The lowest BCUT2D eigenvalue weighted by atomic mass is 10.2. The van der Waals surface area contributed by atoms with E-state index in [9.17, 15) is 4.79 Å². The number of carboxylic acids is 1. The SMILES string of the molecule is CNc1nc(C(C)C)nc(C(=O)O)c1Br. The molecule has 1 aromatic heterocycles. The van der Waals surface area contributed by atoms with Crippen molar-refractivity contribution in [2.75, 3.05) is 12.4 Å². The highest BCUT2D eigenvalue weighted by Crippen LogP contribution is 2.25. The molecule has 0 spiro atoms. The molecule has 0 atom stereocenters. The van der Waals surface area contributed by atoms with Gasteiger partial charge in [-0.15, -0.1) is 0 Å². The molecule has 2 N–H and O–H groups in total. The van der Waals surface area contributed by atoms with Crippen molar-refractivity contribution in [1.29, 1.82) is 0 Å². The van der Waals surface area contributed by atoms with Gasteiger partial charge in [0.1, 0.15) is 11.6 Å². The zero-order valence-corrected chi connectivity index (χ0v) is 10.3. The van der Waals surface area contributed by atoms with E-state index in [0.29, 0.717) is 16.1 Å². The highest BCUT2D eigenvalue weighted by Gasteiger charge is 2.18. The molecule has 1 rings (SSSR count). The van der Waals surface area contributed by atoms with Crippen LogP contribution in [-0.2, 0) is 0 Å². The Morgan fingerprint density at radius 2 is 2.07 bits per heavy atom. The van der Waals surface area contributed by atoms with Crippen LogP contribution in [0.25, 0.3) is 0 Å². The van der Waals surface area contributed by atoms with Crippen LogP contribution in [0.3, 0.4) is 0 Å². The van der Waals surface area contributed by atoms with Crippen LogP contribution in [0.4, 0.5) is 5.82 Å². The first kappa shape index (κ1) is 11.9. The number of hydrogen-bond donors (Lipinski definition) is 2. The smallest absolute Gasteiger partial charge is 0.355 e. The van der Waals surface area contributed by atoms with Gasteiger partial charge in [0.15, 0.2) is 5.69 Å².